The van der Waals surface area contributed by atoms with Crippen LogP contribution in [-0.2, 0) is 9.47 Å². The number of methoxy groups -OCH3 is 1. The number of carbonyl (C=O) groups excluding carboxylic acids is 1. The molecule has 3 aliphatic heterocycles. The molecular formula is C20H32N4O4. The van der Waals surface area contributed by atoms with E-state index in [4.69, 9.17) is 14.5 Å². The fraction of sp³-hybridized carbons (Fsp3) is 0.700. The van der Waals surface area contributed by atoms with Crippen molar-refractivity contribution in [1.29, 1.82) is 0 Å². The fourth-order valence-corrected chi connectivity index (χ4v) is 3.72. The van der Waals surface area contributed by atoms with Crippen LogP contribution in [0.3, 0.4) is 0 Å². The van der Waals surface area contributed by atoms with E-state index in [0.717, 1.165) is 35.8 Å². The fourth-order valence-electron chi connectivity index (χ4n) is 3.72. The van der Waals surface area contributed by atoms with Crippen molar-refractivity contribution >= 4 is 11.9 Å². The van der Waals surface area contributed by atoms with Crippen molar-refractivity contribution in [2.24, 2.45) is 4.99 Å². The number of hydrogen-bond donors (Lipinski definition) is 2. The summed E-state index contributed by atoms with van der Waals surface area (Å²) in [5, 5.41) is 13.0. The van der Waals surface area contributed by atoms with Crippen LogP contribution in [0.15, 0.2) is 27.7 Å². The Bertz CT molecular complexity index is 695. The highest BCUT2D eigenvalue weighted by molar-refractivity contribution is 6.01. The number of nitrogens with one attached hydrogen (secondary N) is 1. The van der Waals surface area contributed by atoms with Gasteiger partial charge in [0.2, 0.25) is 0 Å². The maximum atomic E-state index is 12.7. The number of aliphatic imine (C=N–C) groups is 1. The monoisotopic (exact) mass is 392 g/mol. The molecule has 0 spiro atoms. The van der Waals surface area contributed by atoms with E-state index in [-0.39, 0.29) is 6.03 Å². The molecule has 0 aromatic heterocycles. The van der Waals surface area contributed by atoms with Crippen molar-refractivity contribution in [2.75, 3.05) is 46.5 Å². The number of carbonyl (C=O) groups is 1. The van der Waals surface area contributed by atoms with Crippen LogP contribution in [0, 0.1) is 0 Å². The molecule has 0 radical (unpaired) electrons. The van der Waals surface area contributed by atoms with Crippen molar-refractivity contribution < 1.29 is 19.4 Å². The van der Waals surface area contributed by atoms with Gasteiger partial charge in [0.1, 0.15) is 5.84 Å². The number of ether oxygens (including phenoxy) is 2. The lowest BCUT2D eigenvalue weighted by atomic mass is 9.94. The van der Waals surface area contributed by atoms with E-state index in [2.05, 4.69) is 17.1 Å². The summed E-state index contributed by atoms with van der Waals surface area (Å²) >= 11 is 0. The summed E-state index contributed by atoms with van der Waals surface area (Å²) in [6.45, 7) is 9.97. The van der Waals surface area contributed by atoms with Crippen LogP contribution in [0.1, 0.15) is 40.0 Å². The lowest BCUT2D eigenvalue weighted by Crippen LogP contribution is -2.49. The highest BCUT2D eigenvalue weighted by Crippen LogP contribution is 2.31. The van der Waals surface area contributed by atoms with Gasteiger partial charge in [-0.3, -0.25) is 5.32 Å². The van der Waals surface area contributed by atoms with Crippen LogP contribution in [-0.4, -0.2) is 78.9 Å². The first-order valence-electron chi connectivity index (χ1n) is 9.94. The predicted octanol–water partition coefficient (Wildman–Crippen LogP) is 1.83. The van der Waals surface area contributed by atoms with Crippen molar-refractivity contribution in [3.63, 3.8) is 0 Å². The number of allylic oxidation sites excluding steroid dienone is 3. The zero-order chi connectivity index (χ0) is 20.3. The van der Waals surface area contributed by atoms with Crippen LogP contribution < -0.4 is 5.32 Å². The minimum Gasteiger partial charge on any atom is -0.501 e. The zero-order valence-corrected chi connectivity index (χ0v) is 17.4. The van der Waals surface area contributed by atoms with Gasteiger partial charge in [0.05, 0.1) is 37.4 Å². The van der Waals surface area contributed by atoms with E-state index in [1.54, 1.807) is 12.0 Å². The second-order valence-electron chi connectivity index (χ2n) is 7.92. The summed E-state index contributed by atoms with van der Waals surface area (Å²) < 4.78 is 10.9. The van der Waals surface area contributed by atoms with Gasteiger partial charge in [0, 0.05) is 43.9 Å². The van der Waals surface area contributed by atoms with Crippen molar-refractivity contribution in [2.45, 2.75) is 45.6 Å². The van der Waals surface area contributed by atoms with Gasteiger partial charge in [-0.05, 0) is 33.6 Å². The number of aliphatic hydroxyl groups is 1. The molecule has 0 bridgehead atoms. The number of likely N-dealkylation sites (tertiary alicyclic amines) is 1. The van der Waals surface area contributed by atoms with Gasteiger partial charge in [-0.25, -0.2) is 9.79 Å². The Kier molecular flexibility index (Phi) is 6.30. The normalized spacial score (nSPS) is 26.0. The molecule has 28 heavy (non-hydrogen) atoms. The third-order valence-electron chi connectivity index (χ3n) is 5.82. The third kappa shape index (κ3) is 4.67. The number of urea groups is 1. The van der Waals surface area contributed by atoms with Gasteiger partial charge in [-0.2, -0.15) is 0 Å². The van der Waals surface area contributed by atoms with E-state index in [1.807, 2.05) is 13.8 Å². The molecule has 0 unspecified atom stereocenters. The standard InChI is InChI=1S/C20H32N4O4/c1-14(23-9-11-28-12-10-23)18-16(15(2)27-4)13-17(21-18)22-19(25)24-7-5-20(3,26)6-8-24/h26H,5-13H2,1-4H3,(H,21,22,25)/b16-15+,18-14-. The van der Waals surface area contributed by atoms with Crippen LogP contribution in [0.5, 0.6) is 0 Å². The molecule has 2 saturated heterocycles. The Morgan fingerprint density at radius 1 is 1.18 bits per heavy atom. The second kappa shape index (κ2) is 8.53. The highest BCUT2D eigenvalue weighted by Gasteiger charge is 2.31. The van der Waals surface area contributed by atoms with Gasteiger partial charge in [0.15, 0.2) is 0 Å². The smallest absolute Gasteiger partial charge is 0.322 e. The van der Waals surface area contributed by atoms with Crippen LogP contribution in [0.2, 0.25) is 0 Å². The van der Waals surface area contributed by atoms with E-state index < -0.39 is 5.60 Å². The van der Waals surface area contributed by atoms with Crippen molar-refractivity contribution in [1.82, 2.24) is 15.1 Å². The number of piperidine rings is 1. The molecule has 156 valence electrons. The van der Waals surface area contributed by atoms with E-state index >= 15 is 0 Å². The molecule has 3 rings (SSSR count). The van der Waals surface area contributed by atoms with Crippen LogP contribution in [0.25, 0.3) is 0 Å². The lowest BCUT2D eigenvalue weighted by molar-refractivity contribution is 0.00483. The van der Waals surface area contributed by atoms with Gasteiger partial charge in [-0.15, -0.1) is 0 Å². The largest absolute Gasteiger partial charge is 0.501 e. The molecule has 3 aliphatic rings. The quantitative estimate of drug-likeness (QED) is 0.700. The van der Waals surface area contributed by atoms with Crippen LogP contribution >= 0.6 is 0 Å². The first-order valence-corrected chi connectivity index (χ1v) is 9.94. The number of rotatable bonds is 2. The molecule has 2 amide bonds. The minimum absolute atomic E-state index is 0.158. The summed E-state index contributed by atoms with van der Waals surface area (Å²) in [4.78, 5) is 21.4. The Morgan fingerprint density at radius 2 is 1.82 bits per heavy atom. The Hall–Kier alpha value is -2.06. The topological polar surface area (TPSA) is 86.6 Å². The summed E-state index contributed by atoms with van der Waals surface area (Å²) in [7, 11) is 1.65. The van der Waals surface area contributed by atoms with Gasteiger partial charge in [-0.1, -0.05) is 0 Å². The van der Waals surface area contributed by atoms with Crippen LogP contribution in [0.4, 0.5) is 4.79 Å². The number of morpholine rings is 1. The SMILES string of the molecule is CO/C(C)=C1\CC(NC(=O)N2CCC(C)(O)CC2)=N\C1=C(\C)N1CCOCC1. The molecule has 2 fully saturated rings. The number of amidine groups is 1. The average molecular weight is 393 g/mol. The molecule has 0 aliphatic carbocycles. The summed E-state index contributed by atoms with van der Waals surface area (Å²) in [5.74, 6) is 1.45. The Morgan fingerprint density at radius 3 is 2.43 bits per heavy atom. The molecule has 8 nitrogen and oxygen atoms in total. The maximum absolute atomic E-state index is 12.7. The molecule has 0 aromatic rings. The maximum Gasteiger partial charge on any atom is 0.322 e. The molecule has 0 saturated carbocycles. The molecule has 0 aromatic carbocycles. The molecule has 2 N–H and O–H groups in total. The Labute approximate surface area is 166 Å². The molecule has 3 heterocycles. The van der Waals surface area contributed by atoms with Gasteiger partial charge < -0.3 is 24.4 Å². The molecular weight excluding hydrogens is 360 g/mol. The van der Waals surface area contributed by atoms with Gasteiger partial charge >= 0.3 is 6.03 Å². The predicted molar refractivity (Wildman–Crippen MR) is 107 cm³/mol. The molecule has 0 atom stereocenters. The summed E-state index contributed by atoms with van der Waals surface area (Å²) in [5.41, 5.74) is 2.27. The van der Waals surface area contributed by atoms with Gasteiger partial charge in [0.25, 0.3) is 0 Å². The second-order valence-corrected chi connectivity index (χ2v) is 7.92. The number of hydrogen-bond acceptors (Lipinski definition) is 6. The highest BCUT2D eigenvalue weighted by atomic mass is 16.5. The van der Waals surface area contributed by atoms with E-state index in [9.17, 15) is 9.90 Å². The van der Waals surface area contributed by atoms with Crippen molar-refractivity contribution in [3.05, 3.63) is 22.7 Å². The van der Waals surface area contributed by atoms with E-state index in [1.165, 1.54) is 0 Å². The third-order valence-corrected chi connectivity index (χ3v) is 5.82. The number of amides is 2. The first kappa shape index (κ1) is 20.7. The summed E-state index contributed by atoms with van der Waals surface area (Å²) in [6.07, 6.45) is 1.71. The Balaban J connectivity index is 1.75. The zero-order valence-electron chi connectivity index (χ0n) is 17.4. The minimum atomic E-state index is -0.682. The molecule has 8 heteroatoms. The summed E-state index contributed by atoms with van der Waals surface area (Å²) in [6, 6.07) is -0.158. The van der Waals surface area contributed by atoms with E-state index in [0.29, 0.717) is 51.4 Å². The average Bonchev–Trinajstić information content (AvgIpc) is 3.11. The number of nitrogens with zero attached hydrogens (tertiary/aromatic N) is 3. The first-order chi connectivity index (χ1) is 13.3. The van der Waals surface area contributed by atoms with Crippen molar-refractivity contribution in [3.8, 4) is 0 Å². The lowest BCUT2D eigenvalue weighted by Gasteiger charge is -2.35.